The summed E-state index contributed by atoms with van der Waals surface area (Å²) in [5.74, 6) is 0.987. The number of furan rings is 1. The van der Waals surface area contributed by atoms with E-state index in [0.29, 0.717) is 0 Å². The molecule has 8 aromatic carbocycles. The number of para-hydroxylation sites is 1. The van der Waals surface area contributed by atoms with E-state index in [1.54, 1.807) is 0 Å². The van der Waals surface area contributed by atoms with Gasteiger partial charge in [0.2, 0.25) is 0 Å². The van der Waals surface area contributed by atoms with E-state index < -0.39 is 0 Å². The SMILES string of the molecule is C=Cc1oc2c(ccc3ccccc32)c1/C=C/c1ccccc1N(C1=CC(c2cccc3ccccc23)CC=C1)c1ccc(-c2ccc(-c3ccccc3)cc2)cc1. The zero-order valence-electron chi connectivity index (χ0n) is 32.1. The lowest BCUT2D eigenvalue weighted by atomic mass is 9.87. The van der Waals surface area contributed by atoms with Crippen molar-refractivity contribution in [2.24, 2.45) is 0 Å². The van der Waals surface area contributed by atoms with Crippen LogP contribution in [0.2, 0.25) is 0 Å². The van der Waals surface area contributed by atoms with Gasteiger partial charge in [-0.15, -0.1) is 0 Å². The summed E-state index contributed by atoms with van der Waals surface area (Å²) in [6.07, 6.45) is 14.2. The minimum absolute atomic E-state index is 0.223. The summed E-state index contributed by atoms with van der Waals surface area (Å²) in [4.78, 5) is 2.41. The molecule has 0 aliphatic heterocycles. The normalized spacial score (nSPS) is 14.0. The standard InChI is InChI=1S/C56H41NO/c1-2-55-52(53-37-32-44-17-7-10-23-51(44)56(53)58-55)36-33-45-18-8-11-25-54(45)57(48-21-12-20-46(38-48)50-24-13-19-43-16-6-9-22-49(43)50)47-34-30-42(31-35-47)41-28-26-40(27-29-41)39-14-4-3-5-15-39/h2-19,21-38,46H,1,20H2/b36-33+. The van der Waals surface area contributed by atoms with Gasteiger partial charge in [-0.2, -0.15) is 0 Å². The Kier molecular flexibility index (Phi) is 9.21. The first-order chi connectivity index (χ1) is 28.7. The lowest BCUT2D eigenvalue weighted by Crippen LogP contribution is -2.18. The van der Waals surface area contributed by atoms with Gasteiger partial charge in [-0.3, -0.25) is 0 Å². The van der Waals surface area contributed by atoms with E-state index in [9.17, 15) is 0 Å². The number of allylic oxidation sites excluding steroid dienone is 3. The summed E-state index contributed by atoms with van der Waals surface area (Å²) >= 11 is 0. The smallest absolute Gasteiger partial charge is 0.143 e. The van der Waals surface area contributed by atoms with Crippen LogP contribution >= 0.6 is 0 Å². The average Bonchev–Trinajstić information content (AvgIpc) is 3.67. The van der Waals surface area contributed by atoms with Gasteiger partial charge in [-0.25, -0.2) is 0 Å². The molecule has 0 saturated heterocycles. The van der Waals surface area contributed by atoms with Gasteiger partial charge < -0.3 is 9.32 Å². The van der Waals surface area contributed by atoms with Gasteiger partial charge in [0.25, 0.3) is 0 Å². The van der Waals surface area contributed by atoms with Crippen molar-refractivity contribution < 1.29 is 4.42 Å². The Bertz CT molecular complexity index is 3030. The Labute approximate surface area is 339 Å². The molecule has 9 aromatic rings. The molecule has 1 heterocycles. The van der Waals surface area contributed by atoms with Crippen molar-refractivity contribution in [3.8, 4) is 22.3 Å². The minimum Gasteiger partial charge on any atom is -0.455 e. The maximum absolute atomic E-state index is 6.46. The highest BCUT2D eigenvalue weighted by molar-refractivity contribution is 6.08. The van der Waals surface area contributed by atoms with Crippen LogP contribution in [0.4, 0.5) is 11.4 Å². The monoisotopic (exact) mass is 743 g/mol. The molecule has 0 fully saturated rings. The molecule has 1 aromatic heterocycles. The van der Waals surface area contributed by atoms with Crippen LogP contribution in [0.25, 0.3) is 73.0 Å². The molecule has 0 saturated carbocycles. The third-order valence-corrected chi connectivity index (χ3v) is 11.4. The van der Waals surface area contributed by atoms with Crippen molar-refractivity contribution in [2.45, 2.75) is 12.3 Å². The Morgan fingerprint density at radius 1 is 0.534 bits per heavy atom. The summed E-state index contributed by atoms with van der Waals surface area (Å²) in [5, 5.41) is 5.89. The minimum atomic E-state index is 0.223. The number of nitrogens with zero attached hydrogens (tertiary/aromatic N) is 1. The molecule has 10 rings (SSSR count). The van der Waals surface area contributed by atoms with Crippen LogP contribution in [-0.2, 0) is 0 Å². The molecule has 0 N–H and O–H groups in total. The molecular formula is C56H41NO. The van der Waals surface area contributed by atoms with Gasteiger partial charge in [-0.05, 0) is 98.5 Å². The summed E-state index contributed by atoms with van der Waals surface area (Å²) in [7, 11) is 0. The van der Waals surface area contributed by atoms with Crippen molar-refractivity contribution >= 4 is 62.1 Å². The first-order valence-corrected chi connectivity index (χ1v) is 20.0. The van der Waals surface area contributed by atoms with Crippen LogP contribution in [-0.4, -0.2) is 0 Å². The van der Waals surface area contributed by atoms with Gasteiger partial charge in [-0.1, -0.05) is 183 Å². The number of hydrogen-bond donors (Lipinski definition) is 0. The highest BCUT2D eigenvalue weighted by Gasteiger charge is 2.22. The van der Waals surface area contributed by atoms with Gasteiger partial charge in [0.15, 0.2) is 0 Å². The molecule has 1 unspecified atom stereocenters. The maximum atomic E-state index is 6.46. The van der Waals surface area contributed by atoms with Gasteiger partial charge in [0.1, 0.15) is 11.3 Å². The lowest BCUT2D eigenvalue weighted by Gasteiger charge is -2.31. The zero-order valence-corrected chi connectivity index (χ0v) is 32.1. The molecule has 0 spiro atoms. The molecule has 276 valence electrons. The van der Waals surface area contributed by atoms with Crippen molar-refractivity contribution in [3.05, 3.63) is 235 Å². The van der Waals surface area contributed by atoms with E-state index >= 15 is 0 Å². The number of rotatable bonds is 9. The summed E-state index contributed by atoms with van der Waals surface area (Å²) < 4.78 is 6.46. The molecule has 1 aliphatic carbocycles. The fourth-order valence-electron chi connectivity index (χ4n) is 8.51. The largest absolute Gasteiger partial charge is 0.455 e. The van der Waals surface area contributed by atoms with Gasteiger partial charge in [0.05, 0.1) is 5.69 Å². The molecule has 0 bridgehead atoms. The lowest BCUT2D eigenvalue weighted by molar-refractivity contribution is 0.607. The third-order valence-electron chi connectivity index (χ3n) is 11.4. The van der Waals surface area contributed by atoms with E-state index in [2.05, 4.69) is 224 Å². The summed E-state index contributed by atoms with van der Waals surface area (Å²) in [6.45, 7) is 4.12. The van der Waals surface area contributed by atoms with Crippen LogP contribution in [0.1, 0.15) is 34.8 Å². The Hall–Kier alpha value is -7.42. The van der Waals surface area contributed by atoms with Gasteiger partial charge in [0, 0.05) is 33.6 Å². The van der Waals surface area contributed by atoms with Gasteiger partial charge >= 0.3 is 0 Å². The van der Waals surface area contributed by atoms with Crippen LogP contribution in [0.3, 0.4) is 0 Å². The van der Waals surface area contributed by atoms with E-state index in [4.69, 9.17) is 4.42 Å². The third kappa shape index (κ3) is 6.55. The van der Waals surface area contributed by atoms with Crippen LogP contribution in [0.15, 0.2) is 217 Å². The highest BCUT2D eigenvalue weighted by atomic mass is 16.3. The fourth-order valence-corrected chi connectivity index (χ4v) is 8.51. The molecule has 1 atom stereocenters. The first kappa shape index (κ1) is 35.0. The number of benzene rings is 8. The second kappa shape index (κ2) is 15.3. The van der Waals surface area contributed by atoms with E-state index in [-0.39, 0.29) is 5.92 Å². The quantitative estimate of drug-likeness (QED) is 0.146. The topological polar surface area (TPSA) is 16.4 Å². The molecule has 0 radical (unpaired) electrons. The van der Waals surface area contributed by atoms with Crippen LogP contribution in [0, 0.1) is 0 Å². The molecular weight excluding hydrogens is 703 g/mol. The molecule has 58 heavy (non-hydrogen) atoms. The predicted molar refractivity (Wildman–Crippen MR) is 247 cm³/mol. The van der Waals surface area contributed by atoms with Crippen molar-refractivity contribution in [2.75, 3.05) is 4.90 Å². The van der Waals surface area contributed by atoms with E-state index in [1.807, 2.05) is 6.08 Å². The second-order valence-corrected chi connectivity index (χ2v) is 14.9. The molecule has 0 amide bonds. The average molecular weight is 744 g/mol. The number of fused-ring (bicyclic) bond motifs is 4. The molecule has 2 heteroatoms. The van der Waals surface area contributed by atoms with E-state index in [0.717, 1.165) is 62.1 Å². The molecule has 2 nitrogen and oxygen atoms in total. The molecule has 1 aliphatic rings. The fraction of sp³-hybridized carbons (Fsp3) is 0.0357. The summed E-state index contributed by atoms with van der Waals surface area (Å²) in [6, 6.07) is 65.1. The second-order valence-electron chi connectivity index (χ2n) is 14.9. The first-order valence-electron chi connectivity index (χ1n) is 20.0. The number of anilines is 2. The Morgan fingerprint density at radius 2 is 1.16 bits per heavy atom. The number of hydrogen-bond acceptors (Lipinski definition) is 2. The van der Waals surface area contributed by atoms with Crippen molar-refractivity contribution in [1.29, 1.82) is 0 Å². The van der Waals surface area contributed by atoms with Crippen molar-refractivity contribution in [3.63, 3.8) is 0 Å². The van der Waals surface area contributed by atoms with Crippen LogP contribution in [0.5, 0.6) is 0 Å². The zero-order chi connectivity index (χ0) is 38.8. The van der Waals surface area contributed by atoms with Crippen LogP contribution < -0.4 is 4.90 Å². The predicted octanol–water partition coefficient (Wildman–Crippen LogP) is 15.7. The van der Waals surface area contributed by atoms with E-state index in [1.165, 1.54) is 38.6 Å². The Morgan fingerprint density at radius 3 is 1.91 bits per heavy atom. The van der Waals surface area contributed by atoms with Crippen molar-refractivity contribution in [1.82, 2.24) is 0 Å². The summed E-state index contributed by atoms with van der Waals surface area (Å²) in [5.41, 5.74) is 12.5. The highest BCUT2D eigenvalue weighted by Crippen LogP contribution is 2.41. The Balaban J connectivity index is 1.07. The maximum Gasteiger partial charge on any atom is 0.143 e.